The summed E-state index contributed by atoms with van der Waals surface area (Å²) in [6.45, 7) is 1.46. The van der Waals surface area contributed by atoms with Crippen LogP contribution in [-0.2, 0) is 11.3 Å². The number of nitrogens with zero attached hydrogens (tertiary/aromatic N) is 3. The number of rotatable bonds is 6. The van der Waals surface area contributed by atoms with Crippen LogP contribution >= 0.6 is 23.8 Å². The summed E-state index contributed by atoms with van der Waals surface area (Å²) in [5, 5.41) is 23.5. The number of aromatic nitrogens is 1. The van der Waals surface area contributed by atoms with Crippen LogP contribution < -0.4 is 5.32 Å². The fourth-order valence-corrected chi connectivity index (χ4v) is 3.06. The molecule has 0 fully saturated rings. The number of thiocarbonyl (C=S) groups is 1. The smallest absolute Gasteiger partial charge is 0.221 e. The lowest BCUT2D eigenvalue weighted by Gasteiger charge is -2.08. The number of hydrogen-bond donors (Lipinski definition) is 2. The lowest BCUT2D eigenvalue weighted by atomic mass is 10.2. The Morgan fingerprint density at radius 2 is 1.96 bits per heavy atom. The first-order valence-corrected chi connectivity index (χ1v) is 9.12. The van der Waals surface area contributed by atoms with Crippen LogP contribution in [0.25, 0.3) is 10.9 Å². The van der Waals surface area contributed by atoms with Gasteiger partial charge in [-0.15, -0.1) is 10.2 Å². The van der Waals surface area contributed by atoms with Gasteiger partial charge in [0.1, 0.15) is 0 Å². The van der Waals surface area contributed by atoms with Crippen LogP contribution in [0.15, 0.2) is 58.8 Å². The highest BCUT2D eigenvalue weighted by atomic mass is 35.5. The number of hydrogen-bond acceptors (Lipinski definition) is 4. The number of fused-ring (bicyclic) bond motifs is 1. The highest BCUT2D eigenvalue weighted by Gasteiger charge is 2.17. The van der Waals surface area contributed by atoms with Crippen molar-refractivity contribution in [3.8, 4) is 5.88 Å². The summed E-state index contributed by atoms with van der Waals surface area (Å²) in [6, 6.07) is 15.1. The third-order valence-corrected chi connectivity index (χ3v) is 4.62. The summed E-state index contributed by atoms with van der Waals surface area (Å²) in [4.78, 5) is 0. The maximum atomic E-state index is 10.8. The van der Waals surface area contributed by atoms with Crippen LogP contribution in [0.3, 0.4) is 0 Å². The largest absolute Gasteiger partial charge is 0.493 e. The number of azo groups is 1. The summed E-state index contributed by atoms with van der Waals surface area (Å²) in [6.07, 6.45) is 0. The molecule has 0 aliphatic carbocycles. The van der Waals surface area contributed by atoms with Crippen molar-refractivity contribution in [2.24, 2.45) is 10.2 Å². The number of benzene rings is 2. The number of aromatic hydroxyl groups is 1. The van der Waals surface area contributed by atoms with Gasteiger partial charge in [0.05, 0.1) is 18.7 Å². The van der Waals surface area contributed by atoms with Crippen LogP contribution in [-0.4, -0.2) is 35.0 Å². The van der Waals surface area contributed by atoms with Gasteiger partial charge in [0.25, 0.3) is 0 Å². The van der Waals surface area contributed by atoms with Gasteiger partial charge in [0.15, 0.2) is 5.69 Å². The van der Waals surface area contributed by atoms with E-state index in [2.05, 4.69) is 15.5 Å². The lowest BCUT2D eigenvalue weighted by molar-refractivity contribution is 0.204. The van der Waals surface area contributed by atoms with Crippen molar-refractivity contribution in [3.63, 3.8) is 0 Å². The summed E-state index contributed by atoms with van der Waals surface area (Å²) >= 11 is 11.4. The minimum absolute atomic E-state index is 0.0135. The van der Waals surface area contributed by atoms with Crippen LogP contribution in [0.5, 0.6) is 5.88 Å². The Morgan fingerprint density at radius 1 is 1.22 bits per heavy atom. The van der Waals surface area contributed by atoms with E-state index in [4.69, 9.17) is 28.6 Å². The molecule has 0 atom stereocenters. The highest BCUT2D eigenvalue weighted by Crippen LogP contribution is 2.39. The molecule has 2 N–H and O–H groups in total. The highest BCUT2D eigenvalue weighted by molar-refractivity contribution is 7.80. The van der Waals surface area contributed by atoms with Crippen molar-refractivity contribution in [1.82, 2.24) is 9.88 Å². The maximum absolute atomic E-state index is 10.8. The second-order valence-electron chi connectivity index (χ2n) is 5.79. The molecule has 3 aromatic rings. The van der Waals surface area contributed by atoms with Gasteiger partial charge >= 0.3 is 0 Å². The fraction of sp³-hybridized carbons (Fsp3) is 0.211. The number of methoxy groups -OCH3 is 1. The summed E-state index contributed by atoms with van der Waals surface area (Å²) in [5.41, 5.74) is 2.10. The van der Waals surface area contributed by atoms with Crippen molar-refractivity contribution in [2.45, 2.75) is 6.54 Å². The molecule has 0 amide bonds. The molecule has 140 valence electrons. The molecule has 0 aliphatic rings. The average Bonchev–Trinajstić information content (AvgIpc) is 2.93. The predicted molar refractivity (Wildman–Crippen MR) is 111 cm³/mol. The van der Waals surface area contributed by atoms with E-state index >= 15 is 0 Å². The third kappa shape index (κ3) is 4.44. The Bertz CT molecular complexity index is 987. The second-order valence-corrected chi connectivity index (χ2v) is 6.59. The topological polar surface area (TPSA) is 71.1 Å². The first kappa shape index (κ1) is 19.3. The molecule has 3 rings (SSSR count). The van der Waals surface area contributed by atoms with E-state index in [1.165, 1.54) is 0 Å². The van der Waals surface area contributed by atoms with E-state index in [0.29, 0.717) is 30.4 Å². The zero-order chi connectivity index (χ0) is 19.2. The van der Waals surface area contributed by atoms with E-state index in [0.717, 1.165) is 16.5 Å². The van der Waals surface area contributed by atoms with E-state index in [9.17, 15) is 5.11 Å². The Labute approximate surface area is 167 Å². The van der Waals surface area contributed by atoms with Gasteiger partial charge in [-0.1, -0.05) is 48.0 Å². The number of nitrogens with one attached hydrogen (secondary N) is 1. The van der Waals surface area contributed by atoms with Gasteiger partial charge in [-0.05, 0) is 29.9 Å². The Kier molecular flexibility index (Phi) is 6.39. The normalized spacial score (nSPS) is 11.3. The standard InChI is InChI=1S/C19H19ClN4O2S/c1-26-11-10-21-19(27)23-22-17-14-7-3-5-9-16(14)24(18(17)25)12-13-6-2-4-8-15(13)20/h2-9,25H,10-12H2,1H3,(H,21,27). The van der Waals surface area contributed by atoms with E-state index in [1.807, 2.05) is 48.5 Å². The Hall–Kier alpha value is -2.48. The van der Waals surface area contributed by atoms with E-state index < -0.39 is 0 Å². The predicted octanol–water partition coefficient (Wildman–Crippen LogP) is 4.65. The van der Waals surface area contributed by atoms with Gasteiger partial charge in [-0.25, -0.2) is 0 Å². The first-order valence-electron chi connectivity index (χ1n) is 8.34. The summed E-state index contributed by atoms with van der Waals surface area (Å²) in [7, 11) is 1.61. The molecule has 0 bridgehead atoms. The molecule has 27 heavy (non-hydrogen) atoms. The van der Waals surface area contributed by atoms with Crippen LogP contribution in [0.2, 0.25) is 5.02 Å². The van der Waals surface area contributed by atoms with E-state index in [-0.39, 0.29) is 11.0 Å². The van der Waals surface area contributed by atoms with Crippen LogP contribution in [0, 0.1) is 0 Å². The molecule has 1 heterocycles. The number of ether oxygens (including phenoxy) is 1. The minimum atomic E-state index is 0.0135. The number of para-hydroxylation sites is 1. The van der Waals surface area contributed by atoms with Gasteiger partial charge in [-0.3, -0.25) is 0 Å². The van der Waals surface area contributed by atoms with Crippen molar-refractivity contribution >= 4 is 45.5 Å². The molecule has 8 heteroatoms. The van der Waals surface area contributed by atoms with Gasteiger partial charge in [0, 0.05) is 24.1 Å². The van der Waals surface area contributed by atoms with Crippen molar-refractivity contribution < 1.29 is 9.84 Å². The fourth-order valence-electron chi connectivity index (χ4n) is 2.72. The second kappa shape index (κ2) is 8.94. The van der Waals surface area contributed by atoms with Gasteiger partial charge < -0.3 is 19.7 Å². The maximum Gasteiger partial charge on any atom is 0.221 e. The monoisotopic (exact) mass is 402 g/mol. The first-order chi connectivity index (χ1) is 13.1. The molecule has 6 nitrogen and oxygen atoms in total. The molecule has 0 saturated carbocycles. The lowest BCUT2D eigenvalue weighted by Crippen LogP contribution is -2.23. The van der Waals surface area contributed by atoms with Crippen molar-refractivity contribution in [1.29, 1.82) is 0 Å². The molecular formula is C19H19ClN4O2S. The molecule has 0 radical (unpaired) electrons. The molecule has 2 aromatic carbocycles. The van der Waals surface area contributed by atoms with E-state index in [1.54, 1.807) is 11.7 Å². The average molecular weight is 403 g/mol. The quantitative estimate of drug-likeness (QED) is 0.357. The van der Waals surface area contributed by atoms with Crippen LogP contribution in [0.1, 0.15) is 5.56 Å². The SMILES string of the molecule is COCCNC(=S)N=Nc1c(O)n(Cc2ccccc2Cl)c2ccccc12. The molecule has 0 spiro atoms. The number of halogens is 1. The molecule has 0 unspecified atom stereocenters. The molecule has 0 aliphatic heterocycles. The molecule has 1 aromatic heterocycles. The van der Waals surface area contributed by atoms with Gasteiger partial charge in [0.2, 0.25) is 11.0 Å². The third-order valence-electron chi connectivity index (χ3n) is 4.03. The van der Waals surface area contributed by atoms with Crippen molar-refractivity contribution in [2.75, 3.05) is 20.3 Å². The Morgan fingerprint density at radius 3 is 2.74 bits per heavy atom. The summed E-state index contributed by atoms with van der Waals surface area (Å²) in [5.74, 6) is 0.0135. The summed E-state index contributed by atoms with van der Waals surface area (Å²) < 4.78 is 6.71. The van der Waals surface area contributed by atoms with Gasteiger partial charge in [-0.2, -0.15) is 0 Å². The minimum Gasteiger partial charge on any atom is -0.493 e. The Balaban J connectivity index is 1.94. The zero-order valence-corrected chi connectivity index (χ0v) is 16.3. The molecular weight excluding hydrogens is 384 g/mol. The molecule has 0 saturated heterocycles. The van der Waals surface area contributed by atoms with Crippen LogP contribution in [0.4, 0.5) is 5.69 Å². The zero-order valence-electron chi connectivity index (χ0n) is 14.7. The van der Waals surface area contributed by atoms with Crippen molar-refractivity contribution in [3.05, 3.63) is 59.1 Å².